The zero-order valence-electron chi connectivity index (χ0n) is 15.0. The van der Waals surface area contributed by atoms with Crippen molar-refractivity contribution in [2.24, 2.45) is 0 Å². The van der Waals surface area contributed by atoms with E-state index in [1.54, 1.807) is 38.5 Å². The number of hydrogen-bond donors (Lipinski definition) is 2. The summed E-state index contributed by atoms with van der Waals surface area (Å²) < 4.78 is 10.4. The lowest BCUT2D eigenvalue weighted by Crippen LogP contribution is -2.33. The minimum absolute atomic E-state index is 0.164. The Hall–Kier alpha value is -2.44. The lowest BCUT2D eigenvalue weighted by atomic mass is 10.1. The van der Waals surface area contributed by atoms with Crippen LogP contribution >= 0.6 is 23.2 Å². The molecular formula is C19H20Cl2N2O4. The van der Waals surface area contributed by atoms with Crippen LogP contribution in [0.15, 0.2) is 36.4 Å². The summed E-state index contributed by atoms with van der Waals surface area (Å²) >= 11 is 11.9. The highest BCUT2D eigenvalue weighted by atomic mass is 35.5. The first-order chi connectivity index (χ1) is 12.9. The fourth-order valence-corrected chi connectivity index (χ4v) is 2.66. The molecule has 2 aromatic rings. The number of hydrogen-bond acceptors (Lipinski definition) is 4. The molecule has 0 unspecified atom stereocenters. The molecule has 0 atom stereocenters. The van der Waals surface area contributed by atoms with Gasteiger partial charge in [-0.2, -0.15) is 0 Å². The van der Waals surface area contributed by atoms with Crippen molar-refractivity contribution in [2.75, 3.05) is 26.1 Å². The van der Waals surface area contributed by atoms with E-state index in [1.807, 2.05) is 12.1 Å². The van der Waals surface area contributed by atoms with E-state index in [4.69, 9.17) is 32.7 Å². The van der Waals surface area contributed by atoms with Crippen LogP contribution in [0.2, 0.25) is 10.0 Å². The molecule has 27 heavy (non-hydrogen) atoms. The molecule has 0 aliphatic carbocycles. The molecule has 0 heterocycles. The number of methoxy groups -OCH3 is 2. The molecule has 0 bridgehead atoms. The Balaban J connectivity index is 1.82. The fraction of sp³-hybridized carbons (Fsp3) is 0.263. The van der Waals surface area contributed by atoms with E-state index in [0.29, 0.717) is 33.7 Å². The molecule has 2 N–H and O–H groups in total. The monoisotopic (exact) mass is 410 g/mol. The molecule has 0 saturated heterocycles. The summed E-state index contributed by atoms with van der Waals surface area (Å²) in [6.07, 6.45) is 0.711. The first-order valence-corrected chi connectivity index (χ1v) is 8.90. The number of benzene rings is 2. The summed E-state index contributed by atoms with van der Waals surface area (Å²) in [5.74, 6) is 0.671. The number of amides is 2. The van der Waals surface area contributed by atoms with E-state index in [9.17, 15) is 9.59 Å². The van der Waals surface area contributed by atoms with E-state index in [0.717, 1.165) is 5.56 Å². The van der Waals surface area contributed by atoms with Crippen LogP contribution in [0.25, 0.3) is 0 Å². The Kier molecular flexibility index (Phi) is 7.76. The lowest BCUT2D eigenvalue weighted by Gasteiger charge is -2.10. The second kappa shape index (κ2) is 10.0. The maximum Gasteiger partial charge on any atom is 0.243 e. The summed E-state index contributed by atoms with van der Waals surface area (Å²) in [4.78, 5) is 24.0. The number of rotatable bonds is 8. The summed E-state index contributed by atoms with van der Waals surface area (Å²) in [6, 6.07) is 10.2. The summed E-state index contributed by atoms with van der Waals surface area (Å²) in [5, 5.41) is 6.00. The van der Waals surface area contributed by atoms with Crippen LogP contribution in [0.3, 0.4) is 0 Å². The largest absolute Gasteiger partial charge is 0.497 e. The van der Waals surface area contributed by atoms with E-state index >= 15 is 0 Å². The third-order valence-electron chi connectivity index (χ3n) is 3.70. The molecule has 2 rings (SSSR count). The molecule has 0 aromatic heterocycles. The second-order valence-electron chi connectivity index (χ2n) is 5.67. The minimum Gasteiger partial charge on any atom is -0.497 e. The highest BCUT2D eigenvalue weighted by Crippen LogP contribution is 2.25. The van der Waals surface area contributed by atoms with Gasteiger partial charge in [0.15, 0.2) is 0 Å². The molecule has 0 spiro atoms. The Morgan fingerprint density at radius 2 is 1.63 bits per heavy atom. The second-order valence-corrected chi connectivity index (χ2v) is 6.51. The van der Waals surface area contributed by atoms with Gasteiger partial charge in [-0.3, -0.25) is 9.59 Å². The maximum absolute atomic E-state index is 12.0. The third-order valence-corrected chi connectivity index (χ3v) is 4.27. The lowest BCUT2D eigenvalue weighted by molar-refractivity contribution is -0.124. The van der Waals surface area contributed by atoms with Gasteiger partial charge in [-0.1, -0.05) is 23.2 Å². The van der Waals surface area contributed by atoms with Crippen molar-refractivity contribution in [3.05, 3.63) is 52.0 Å². The zero-order valence-corrected chi connectivity index (χ0v) is 16.5. The van der Waals surface area contributed by atoms with Crippen molar-refractivity contribution in [3.8, 4) is 11.5 Å². The quantitative estimate of drug-likeness (QED) is 0.695. The first-order valence-electron chi connectivity index (χ1n) is 8.15. The Morgan fingerprint density at radius 3 is 2.26 bits per heavy atom. The van der Waals surface area contributed by atoms with Gasteiger partial charge in [0.25, 0.3) is 0 Å². The van der Waals surface area contributed by atoms with E-state index < -0.39 is 5.91 Å². The van der Waals surface area contributed by atoms with Crippen LogP contribution in [0.5, 0.6) is 11.5 Å². The summed E-state index contributed by atoms with van der Waals surface area (Å²) in [7, 11) is 3.13. The van der Waals surface area contributed by atoms with Gasteiger partial charge < -0.3 is 20.1 Å². The van der Waals surface area contributed by atoms with Crippen molar-refractivity contribution in [3.63, 3.8) is 0 Å². The van der Waals surface area contributed by atoms with Crippen molar-refractivity contribution in [1.82, 2.24) is 5.32 Å². The Labute approximate surface area is 167 Å². The predicted octanol–water partition coefficient (Wildman–Crippen LogP) is 3.70. The molecule has 8 heteroatoms. The molecule has 0 aliphatic rings. The van der Waals surface area contributed by atoms with Crippen LogP contribution in [-0.4, -0.2) is 32.6 Å². The van der Waals surface area contributed by atoms with Crippen molar-refractivity contribution in [2.45, 2.75) is 12.8 Å². The van der Waals surface area contributed by atoms with Gasteiger partial charge in [-0.25, -0.2) is 0 Å². The summed E-state index contributed by atoms with van der Waals surface area (Å²) in [6.45, 7) is -0.164. The SMILES string of the molecule is COc1cc(CCC(=O)NCC(=O)Nc2cc(Cl)ccc2Cl)cc(OC)c1. The van der Waals surface area contributed by atoms with Gasteiger partial charge in [0, 0.05) is 17.5 Å². The molecule has 0 radical (unpaired) electrons. The molecule has 2 aromatic carbocycles. The zero-order chi connectivity index (χ0) is 19.8. The van der Waals surface area contributed by atoms with Crippen molar-refractivity contribution < 1.29 is 19.1 Å². The van der Waals surface area contributed by atoms with E-state index in [-0.39, 0.29) is 18.9 Å². The van der Waals surface area contributed by atoms with Gasteiger partial charge in [-0.05, 0) is 42.3 Å². The average molecular weight is 411 g/mol. The standard InChI is InChI=1S/C19H20Cl2N2O4/c1-26-14-7-12(8-15(10-14)27-2)3-6-18(24)22-11-19(25)23-17-9-13(20)4-5-16(17)21/h4-5,7-10H,3,6,11H2,1-2H3,(H,22,24)(H,23,25). The number of halogens is 2. The third kappa shape index (κ3) is 6.66. The normalized spacial score (nSPS) is 10.2. The van der Waals surface area contributed by atoms with Gasteiger partial charge >= 0.3 is 0 Å². The number of anilines is 1. The van der Waals surface area contributed by atoms with Gasteiger partial charge in [0.2, 0.25) is 11.8 Å². The van der Waals surface area contributed by atoms with Crippen LogP contribution in [0, 0.1) is 0 Å². The molecule has 6 nitrogen and oxygen atoms in total. The van der Waals surface area contributed by atoms with Crippen molar-refractivity contribution in [1.29, 1.82) is 0 Å². The summed E-state index contributed by atoms with van der Waals surface area (Å²) in [5.41, 5.74) is 1.29. The van der Waals surface area contributed by atoms with Crippen LogP contribution < -0.4 is 20.1 Å². The van der Waals surface area contributed by atoms with Gasteiger partial charge in [0.05, 0.1) is 31.5 Å². The average Bonchev–Trinajstić information content (AvgIpc) is 2.67. The molecule has 144 valence electrons. The Morgan fingerprint density at radius 1 is 0.963 bits per heavy atom. The molecule has 0 saturated carbocycles. The smallest absolute Gasteiger partial charge is 0.243 e. The number of carbonyl (C=O) groups is 2. The van der Waals surface area contributed by atoms with Crippen molar-refractivity contribution >= 4 is 40.7 Å². The molecular weight excluding hydrogens is 391 g/mol. The van der Waals surface area contributed by atoms with Gasteiger partial charge in [-0.15, -0.1) is 0 Å². The number of nitrogens with one attached hydrogen (secondary N) is 2. The molecule has 2 amide bonds. The van der Waals surface area contributed by atoms with Crippen LogP contribution in [-0.2, 0) is 16.0 Å². The van der Waals surface area contributed by atoms with Gasteiger partial charge in [0.1, 0.15) is 11.5 Å². The topological polar surface area (TPSA) is 76.7 Å². The predicted molar refractivity (Wildman–Crippen MR) is 106 cm³/mol. The van der Waals surface area contributed by atoms with E-state index in [1.165, 1.54) is 0 Å². The van der Waals surface area contributed by atoms with Crippen LogP contribution in [0.1, 0.15) is 12.0 Å². The van der Waals surface area contributed by atoms with E-state index in [2.05, 4.69) is 10.6 Å². The van der Waals surface area contributed by atoms with Crippen LogP contribution in [0.4, 0.5) is 5.69 Å². The first kappa shape index (κ1) is 20.9. The number of carbonyl (C=O) groups excluding carboxylic acids is 2. The highest BCUT2D eigenvalue weighted by molar-refractivity contribution is 6.35. The highest BCUT2D eigenvalue weighted by Gasteiger charge is 2.10. The maximum atomic E-state index is 12.0. The number of ether oxygens (including phenoxy) is 2. The Bertz CT molecular complexity index is 805. The molecule has 0 fully saturated rings. The minimum atomic E-state index is -0.393. The fourth-order valence-electron chi connectivity index (χ4n) is 2.32. The number of aryl methyl sites for hydroxylation is 1. The molecule has 0 aliphatic heterocycles.